The molecule has 0 unspecified atom stereocenters. The van der Waals surface area contributed by atoms with Gasteiger partial charge in [-0.1, -0.05) is 12.1 Å². The summed E-state index contributed by atoms with van der Waals surface area (Å²) in [5, 5.41) is 3.40. The van der Waals surface area contributed by atoms with E-state index in [2.05, 4.69) is 10.3 Å². The second-order valence-electron chi connectivity index (χ2n) is 7.17. The van der Waals surface area contributed by atoms with E-state index in [0.717, 1.165) is 11.1 Å². The molecule has 3 rings (SSSR count). The van der Waals surface area contributed by atoms with Crippen LogP contribution >= 0.6 is 0 Å². The second kappa shape index (κ2) is 8.90. The van der Waals surface area contributed by atoms with Gasteiger partial charge in [-0.05, 0) is 55.7 Å². The molecule has 156 valence electrons. The number of halogens is 1. The SMILES string of the molecule is COC(=O)c1cc(C(=O)NC(C)C)c2cc(Cc3ccc(F)cc3)cnc2c1OC. The number of hydrogen-bond acceptors (Lipinski definition) is 5. The summed E-state index contributed by atoms with van der Waals surface area (Å²) in [6, 6.07) is 9.42. The van der Waals surface area contributed by atoms with E-state index in [-0.39, 0.29) is 29.1 Å². The predicted molar refractivity (Wildman–Crippen MR) is 111 cm³/mol. The van der Waals surface area contributed by atoms with Crippen LogP contribution in [0.15, 0.2) is 42.6 Å². The Bertz CT molecular complexity index is 1090. The van der Waals surface area contributed by atoms with Crippen molar-refractivity contribution < 1.29 is 23.5 Å². The van der Waals surface area contributed by atoms with Crippen LogP contribution in [0, 0.1) is 5.82 Å². The summed E-state index contributed by atoms with van der Waals surface area (Å²) in [6.45, 7) is 3.70. The Morgan fingerprint density at radius 2 is 1.77 bits per heavy atom. The Labute approximate surface area is 174 Å². The first-order valence-corrected chi connectivity index (χ1v) is 9.47. The van der Waals surface area contributed by atoms with Gasteiger partial charge in [-0.2, -0.15) is 0 Å². The number of pyridine rings is 1. The van der Waals surface area contributed by atoms with Crippen LogP contribution in [0.2, 0.25) is 0 Å². The Morgan fingerprint density at radius 1 is 1.07 bits per heavy atom. The zero-order valence-electron chi connectivity index (χ0n) is 17.3. The summed E-state index contributed by atoms with van der Waals surface area (Å²) in [6.07, 6.45) is 2.16. The summed E-state index contributed by atoms with van der Waals surface area (Å²) in [5.41, 5.74) is 2.55. The lowest BCUT2D eigenvalue weighted by atomic mass is 9.98. The van der Waals surface area contributed by atoms with Crippen LogP contribution in [-0.4, -0.2) is 37.1 Å². The Kier molecular flexibility index (Phi) is 6.30. The van der Waals surface area contributed by atoms with Crippen molar-refractivity contribution in [2.75, 3.05) is 14.2 Å². The molecule has 3 aromatic rings. The van der Waals surface area contributed by atoms with Gasteiger partial charge in [-0.25, -0.2) is 9.18 Å². The van der Waals surface area contributed by atoms with E-state index < -0.39 is 5.97 Å². The molecule has 0 aliphatic rings. The highest BCUT2D eigenvalue weighted by Crippen LogP contribution is 2.33. The highest BCUT2D eigenvalue weighted by Gasteiger charge is 2.23. The first-order valence-electron chi connectivity index (χ1n) is 9.47. The quantitative estimate of drug-likeness (QED) is 0.624. The van der Waals surface area contributed by atoms with Gasteiger partial charge >= 0.3 is 5.97 Å². The fourth-order valence-electron chi connectivity index (χ4n) is 3.24. The minimum absolute atomic E-state index is 0.0911. The lowest BCUT2D eigenvalue weighted by molar-refractivity contribution is 0.0597. The molecule has 6 nitrogen and oxygen atoms in total. The number of esters is 1. The predicted octanol–water partition coefficient (Wildman–Crippen LogP) is 3.90. The van der Waals surface area contributed by atoms with E-state index >= 15 is 0 Å². The molecule has 0 aliphatic carbocycles. The Balaban J connectivity index is 2.18. The molecule has 30 heavy (non-hydrogen) atoms. The molecule has 0 bridgehead atoms. The van der Waals surface area contributed by atoms with Crippen molar-refractivity contribution in [1.82, 2.24) is 10.3 Å². The van der Waals surface area contributed by atoms with Gasteiger partial charge in [0.05, 0.1) is 14.2 Å². The summed E-state index contributed by atoms with van der Waals surface area (Å²) in [7, 11) is 2.70. The van der Waals surface area contributed by atoms with Crippen molar-refractivity contribution in [3.63, 3.8) is 0 Å². The van der Waals surface area contributed by atoms with Crippen LogP contribution in [0.25, 0.3) is 10.9 Å². The number of carbonyl (C=O) groups is 2. The van der Waals surface area contributed by atoms with Crippen LogP contribution < -0.4 is 10.1 Å². The molecule has 0 fully saturated rings. The molecular weight excluding hydrogens is 387 g/mol. The van der Waals surface area contributed by atoms with E-state index in [1.165, 1.54) is 32.4 Å². The number of aromatic nitrogens is 1. The van der Waals surface area contributed by atoms with Gasteiger partial charge in [-0.3, -0.25) is 9.78 Å². The van der Waals surface area contributed by atoms with E-state index in [9.17, 15) is 14.0 Å². The molecule has 7 heteroatoms. The fraction of sp³-hybridized carbons (Fsp3) is 0.261. The van der Waals surface area contributed by atoms with Crippen molar-refractivity contribution in [3.05, 3.63) is 70.7 Å². The summed E-state index contributed by atoms with van der Waals surface area (Å²) >= 11 is 0. The van der Waals surface area contributed by atoms with E-state index in [0.29, 0.717) is 22.9 Å². The van der Waals surface area contributed by atoms with E-state index in [1.54, 1.807) is 18.3 Å². The normalized spacial score (nSPS) is 10.9. The number of ether oxygens (including phenoxy) is 2. The number of nitrogens with zero attached hydrogens (tertiary/aromatic N) is 1. The van der Waals surface area contributed by atoms with Gasteiger partial charge in [0.2, 0.25) is 0 Å². The van der Waals surface area contributed by atoms with Crippen molar-refractivity contribution in [1.29, 1.82) is 0 Å². The number of carbonyl (C=O) groups excluding carboxylic acids is 2. The van der Waals surface area contributed by atoms with Gasteiger partial charge in [0.15, 0.2) is 5.75 Å². The topological polar surface area (TPSA) is 77.5 Å². The van der Waals surface area contributed by atoms with Crippen LogP contribution in [-0.2, 0) is 11.2 Å². The maximum absolute atomic E-state index is 13.2. The molecule has 0 spiro atoms. The Hall–Kier alpha value is -3.48. The monoisotopic (exact) mass is 410 g/mol. The van der Waals surface area contributed by atoms with Gasteiger partial charge in [-0.15, -0.1) is 0 Å². The molecule has 1 aromatic heterocycles. The lowest BCUT2D eigenvalue weighted by Gasteiger charge is -2.16. The first-order chi connectivity index (χ1) is 14.3. The number of rotatable bonds is 6. The molecule has 0 saturated carbocycles. The van der Waals surface area contributed by atoms with Gasteiger partial charge in [0.25, 0.3) is 5.91 Å². The summed E-state index contributed by atoms with van der Waals surface area (Å²) in [4.78, 5) is 29.6. The molecule has 1 amide bonds. The van der Waals surface area contributed by atoms with Crippen molar-refractivity contribution >= 4 is 22.8 Å². The van der Waals surface area contributed by atoms with Gasteiger partial charge in [0.1, 0.15) is 16.9 Å². The van der Waals surface area contributed by atoms with Crippen molar-refractivity contribution in [2.45, 2.75) is 26.3 Å². The largest absolute Gasteiger partial charge is 0.494 e. The third-order valence-corrected chi connectivity index (χ3v) is 4.58. The van der Waals surface area contributed by atoms with Crippen molar-refractivity contribution in [3.8, 4) is 5.75 Å². The summed E-state index contributed by atoms with van der Waals surface area (Å²) in [5.74, 6) is -1.01. The molecular formula is C23H23FN2O4. The van der Waals surface area contributed by atoms with Crippen LogP contribution in [0.1, 0.15) is 45.7 Å². The third-order valence-electron chi connectivity index (χ3n) is 4.58. The number of methoxy groups -OCH3 is 2. The standard InChI is InChI=1S/C23H23FN2O4/c1-13(2)26-22(27)18-11-19(23(28)30-4)21(29-3)20-17(18)10-15(12-25-20)9-14-5-7-16(24)8-6-14/h5-8,10-13H,9H2,1-4H3,(H,26,27). The number of fused-ring (bicyclic) bond motifs is 1. The Morgan fingerprint density at radius 3 is 2.37 bits per heavy atom. The average Bonchev–Trinajstić information content (AvgIpc) is 2.73. The minimum atomic E-state index is -0.621. The van der Waals surface area contributed by atoms with Crippen molar-refractivity contribution in [2.24, 2.45) is 0 Å². The summed E-state index contributed by atoms with van der Waals surface area (Å²) < 4.78 is 23.5. The van der Waals surface area contributed by atoms with E-state index in [4.69, 9.17) is 9.47 Å². The maximum Gasteiger partial charge on any atom is 0.341 e. The van der Waals surface area contributed by atoms with Gasteiger partial charge in [0, 0.05) is 23.2 Å². The molecule has 0 saturated heterocycles. The fourth-order valence-corrected chi connectivity index (χ4v) is 3.24. The highest BCUT2D eigenvalue weighted by atomic mass is 19.1. The van der Waals surface area contributed by atoms with Gasteiger partial charge < -0.3 is 14.8 Å². The molecule has 1 heterocycles. The number of amides is 1. The molecule has 2 aromatic carbocycles. The lowest BCUT2D eigenvalue weighted by Crippen LogP contribution is -2.30. The zero-order valence-corrected chi connectivity index (χ0v) is 17.3. The number of benzene rings is 2. The van der Waals surface area contributed by atoms with Crippen LogP contribution in [0.5, 0.6) is 5.75 Å². The number of hydrogen-bond donors (Lipinski definition) is 1. The van der Waals surface area contributed by atoms with Crippen LogP contribution in [0.4, 0.5) is 4.39 Å². The minimum Gasteiger partial charge on any atom is -0.494 e. The maximum atomic E-state index is 13.2. The third kappa shape index (κ3) is 4.40. The molecule has 0 aliphatic heterocycles. The highest BCUT2D eigenvalue weighted by molar-refractivity contribution is 6.11. The van der Waals surface area contributed by atoms with E-state index in [1.807, 2.05) is 19.9 Å². The molecule has 1 N–H and O–H groups in total. The smallest absolute Gasteiger partial charge is 0.341 e. The van der Waals surface area contributed by atoms with Crippen LogP contribution in [0.3, 0.4) is 0 Å². The average molecular weight is 410 g/mol. The number of nitrogens with one attached hydrogen (secondary N) is 1. The first kappa shape index (κ1) is 21.2. The molecule has 0 radical (unpaired) electrons. The second-order valence-corrected chi connectivity index (χ2v) is 7.17. The zero-order chi connectivity index (χ0) is 21.8. The molecule has 0 atom stereocenters.